The molecule has 0 bridgehead atoms. The molecule has 0 unspecified atom stereocenters. The summed E-state index contributed by atoms with van der Waals surface area (Å²) >= 11 is 5.74. The summed E-state index contributed by atoms with van der Waals surface area (Å²) in [6.07, 6.45) is 0. The van der Waals surface area contributed by atoms with Gasteiger partial charge in [-0.25, -0.2) is 4.99 Å². The molecule has 0 aliphatic rings. The van der Waals surface area contributed by atoms with Crippen LogP contribution in [0.25, 0.3) is 5.69 Å². The van der Waals surface area contributed by atoms with Crippen molar-refractivity contribution in [3.05, 3.63) is 29.3 Å². The molecule has 1 aromatic heterocycles. The van der Waals surface area contributed by atoms with Gasteiger partial charge in [-0.3, -0.25) is 4.52 Å². The lowest BCUT2D eigenvalue weighted by atomic mass is 10.3. The SMILES string of the molecule is C/C([O-])=N/c1n[n+](-c2ccc(Cl)cc2)no1. The third-order valence-electron chi connectivity index (χ3n) is 1.69. The van der Waals surface area contributed by atoms with Crippen LogP contribution in [0.3, 0.4) is 0 Å². The predicted molar refractivity (Wildman–Crippen MR) is 53.6 cm³/mol. The molecule has 0 N–H and O–H groups in total. The maximum absolute atomic E-state index is 10.7. The number of halogens is 1. The van der Waals surface area contributed by atoms with Crippen molar-refractivity contribution in [2.75, 3.05) is 0 Å². The zero-order valence-corrected chi connectivity index (χ0v) is 9.05. The quantitative estimate of drug-likeness (QED) is 0.431. The summed E-state index contributed by atoms with van der Waals surface area (Å²) in [6, 6.07) is 6.75. The molecule has 0 amide bonds. The molecule has 0 aliphatic heterocycles. The van der Waals surface area contributed by atoms with E-state index in [1.165, 1.54) is 11.7 Å². The van der Waals surface area contributed by atoms with Crippen LogP contribution in [0.4, 0.5) is 6.01 Å². The van der Waals surface area contributed by atoms with Crippen molar-refractivity contribution in [1.29, 1.82) is 0 Å². The minimum absolute atomic E-state index is 0.0811. The molecule has 82 valence electrons. The number of aliphatic imine (C=N–C) groups is 1. The van der Waals surface area contributed by atoms with Gasteiger partial charge in [0.1, 0.15) is 9.90 Å². The lowest BCUT2D eigenvalue weighted by Crippen LogP contribution is -2.35. The number of hydrogen-bond acceptors (Lipinski definition) is 5. The fraction of sp³-hybridized carbons (Fsp3) is 0.111. The van der Waals surface area contributed by atoms with Crippen molar-refractivity contribution in [3.63, 3.8) is 0 Å². The van der Waals surface area contributed by atoms with Gasteiger partial charge in [0, 0.05) is 17.2 Å². The van der Waals surface area contributed by atoms with Gasteiger partial charge in [-0.1, -0.05) is 11.6 Å². The highest BCUT2D eigenvalue weighted by Crippen LogP contribution is 2.09. The average Bonchev–Trinajstić information content (AvgIpc) is 2.66. The number of nitrogens with zero attached hydrogens (tertiary/aromatic N) is 4. The Kier molecular flexibility index (Phi) is 2.82. The van der Waals surface area contributed by atoms with Crippen molar-refractivity contribution in [1.82, 2.24) is 10.4 Å². The largest absolute Gasteiger partial charge is 0.862 e. The maximum atomic E-state index is 10.7. The molecule has 16 heavy (non-hydrogen) atoms. The minimum atomic E-state index is -0.396. The van der Waals surface area contributed by atoms with Crippen LogP contribution >= 0.6 is 11.6 Å². The zero-order chi connectivity index (χ0) is 11.5. The van der Waals surface area contributed by atoms with Crippen LogP contribution in [0, 0.1) is 0 Å². The van der Waals surface area contributed by atoms with E-state index in [0.29, 0.717) is 10.7 Å². The van der Waals surface area contributed by atoms with Crippen molar-refractivity contribution in [3.8, 4) is 5.69 Å². The maximum Gasteiger partial charge on any atom is 0.414 e. The van der Waals surface area contributed by atoms with E-state index in [0.717, 1.165) is 0 Å². The Hall–Kier alpha value is -1.95. The molecule has 2 rings (SSSR count). The van der Waals surface area contributed by atoms with Crippen molar-refractivity contribution in [2.45, 2.75) is 6.92 Å². The van der Waals surface area contributed by atoms with E-state index < -0.39 is 5.90 Å². The van der Waals surface area contributed by atoms with Gasteiger partial charge in [0.2, 0.25) is 5.27 Å². The van der Waals surface area contributed by atoms with Crippen molar-refractivity contribution < 1.29 is 14.4 Å². The van der Waals surface area contributed by atoms with E-state index in [9.17, 15) is 5.11 Å². The first kappa shape index (κ1) is 10.6. The second-order valence-corrected chi connectivity index (χ2v) is 3.39. The third-order valence-corrected chi connectivity index (χ3v) is 1.94. The van der Waals surface area contributed by atoms with Crippen LogP contribution in [-0.2, 0) is 0 Å². The molecule has 0 atom stereocenters. The van der Waals surface area contributed by atoms with Gasteiger partial charge in [0.05, 0.1) is 0 Å². The summed E-state index contributed by atoms with van der Waals surface area (Å²) < 4.78 is 4.74. The van der Waals surface area contributed by atoms with Crippen LogP contribution < -0.4 is 9.90 Å². The Morgan fingerprint density at radius 3 is 2.75 bits per heavy atom. The topological polar surface area (TPSA) is 78.2 Å². The van der Waals surface area contributed by atoms with Crippen LogP contribution in [0.1, 0.15) is 6.92 Å². The fourth-order valence-electron chi connectivity index (χ4n) is 1.05. The molecule has 1 aromatic carbocycles. The molecule has 1 heterocycles. The van der Waals surface area contributed by atoms with Crippen LogP contribution in [0.2, 0.25) is 5.02 Å². The number of hydrogen-bond donors (Lipinski definition) is 0. The van der Waals surface area contributed by atoms with Crippen LogP contribution in [0.5, 0.6) is 0 Å². The third kappa shape index (κ3) is 2.34. The second-order valence-electron chi connectivity index (χ2n) is 2.95. The Labute approximate surface area is 95.8 Å². The highest BCUT2D eigenvalue weighted by atomic mass is 35.5. The van der Waals surface area contributed by atoms with Gasteiger partial charge in [0.25, 0.3) is 5.69 Å². The highest BCUT2D eigenvalue weighted by Gasteiger charge is 2.16. The molecular weight excluding hydrogens is 232 g/mol. The van der Waals surface area contributed by atoms with E-state index in [1.807, 2.05) is 0 Å². The van der Waals surface area contributed by atoms with E-state index in [-0.39, 0.29) is 6.01 Å². The smallest absolute Gasteiger partial charge is 0.414 e. The van der Waals surface area contributed by atoms with Crippen LogP contribution in [-0.4, -0.2) is 16.3 Å². The zero-order valence-electron chi connectivity index (χ0n) is 8.29. The summed E-state index contributed by atoms with van der Waals surface area (Å²) in [6.45, 7) is 1.30. The summed E-state index contributed by atoms with van der Waals surface area (Å²) in [4.78, 5) is 4.72. The lowest BCUT2D eigenvalue weighted by molar-refractivity contribution is -0.724. The first-order valence-electron chi connectivity index (χ1n) is 4.40. The standard InChI is InChI=1S/C9H7ClN4O2/c1-6(15)11-9-12-14(13-16-9)8-4-2-7(10)3-5-8/h2-5H,1H3. The number of benzene rings is 1. The van der Waals surface area contributed by atoms with Gasteiger partial charge in [-0.2, -0.15) is 0 Å². The minimum Gasteiger partial charge on any atom is -0.862 e. The summed E-state index contributed by atoms with van der Waals surface area (Å²) in [5.41, 5.74) is 0.665. The van der Waals surface area contributed by atoms with Gasteiger partial charge in [0.15, 0.2) is 0 Å². The van der Waals surface area contributed by atoms with Crippen LogP contribution in [0.15, 0.2) is 33.8 Å². The molecule has 0 aliphatic carbocycles. The van der Waals surface area contributed by atoms with E-state index in [2.05, 4.69) is 15.4 Å². The van der Waals surface area contributed by atoms with Gasteiger partial charge < -0.3 is 5.11 Å². The first-order chi connectivity index (χ1) is 7.65. The average molecular weight is 239 g/mol. The molecule has 0 radical (unpaired) electrons. The summed E-state index contributed by atoms with van der Waals surface area (Å²) in [5, 5.41) is 18.8. The summed E-state index contributed by atoms with van der Waals surface area (Å²) in [5.74, 6) is -0.396. The molecule has 0 spiro atoms. The second kappa shape index (κ2) is 4.28. The number of rotatable bonds is 2. The molecule has 0 fully saturated rings. The fourth-order valence-corrected chi connectivity index (χ4v) is 1.18. The van der Waals surface area contributed by atoms with Crippen molar-refractivity contribution in [2.24, 2.45) is 4.99 Å². The van der Waals surface area contributed by atoms with Crippen molar-refractivity contribution >= 4 is 23.5 Å². The van der Waals surface area contributed by atoms with Gasteiger partial charge in [-0.05, 0) is 25.0 Å². The Morgan fingerprint density at radius 2 is 2.12 bits per heavy atom. The van der Waals surface area contributed by atoms with Gasteiger partial charge >= 0.3 is 6.01 Å². The highest BCUT2D eigenvalue weighted by molar-refractivity contribution is 6.30. The monoisotopic (exact) mass is 238 g/mol. The van der Waals surface area contributed by atoms with E-state index in [4.69, 9.17) is 16.1 Å². The molecular formula is C9H7ClN4O2. The molecule has 0 saturated heterocycles. The number of aromatic nitrogens is 3. The lowest BCUT2D eigenvalue weighted by Gasteiger charge is -1.94. The molecule has 0 saturated carbocycles. The van der Waals surface area contributed by atoms with E-state index >= 15 is 0 Å². The van der Waals surface area contributed by atoms with Gasteiger partial charge in [-0.15, -0.1) is 0 Å². The summed E-state index contributed by atoms with van der Waals surface area (Å²) in [7, 11) is 0. The molecule has 2 aromatic rings. The normalized spacial score (nSPS) is 11.8. The molecule has 6 nitrogen and oxygen atoms in total. The Bertz CT molecular complexity index is 517. The Morgan fingerprint density at radius 1 is 1.44 bits per heavy atom. The Balaban J connectivity index is 2.31. The molecule has 7 heteroatoms. The predicted octanol–water partition coefficient (Wildman–Crippen LogP) is 0.410. The van der Waals surface area contributed by atoms with E-state index in [1.54, 1.807) is 24.3 Å². The first-order valence-corrected chi connectivity index (χ1v) is 4.77.